The maximum absolute atomic E-state index is 14.0. The molecule has 0 bridgehead atoms. The highest BCUT2D eigenvalue weighted by Gasteiger charge is 2.38. The monoisotopic (exact) mass is 792 g/mol. The van der Waals surface area contributed by atoms with Crippen LogP contribution in [0.15, 0.2) is 96.0 Å². The Bertz CT molecular complexity index is 2540. The van der Waals surface area contributed by atoms with Gasteiger partial charge >= 0.3 is 0 Å². The molecule has 3 N–H and O–H groups in total. The minimum Gasteiger partial charge on any atom is -0.493 e. The predicted molar refractivity (Wildman–Crippen MR) is 226 cm³/mol. The molecule has 13 heteroatoms. The van der Waals surface area contributed by atoms with Gasteiger partial charge < -0.3 is 39.8 Å². The smallest absolute Gasteiger partial charge is 0.261 e. The highest BCUT2D eigenvalue weighted by atomic mass is 16.5. The van der Waals surface area contributed by atoms with Crippen molar-refractivity contribution in [3.8, 4) is 23.0 Å². The largest absolute Gasteiger partial charge is 0.493 e. The third-order valence-corrected chi connectivity index (χ3v) is 11.4. The molecule has 59 heavy (non-hydrogen) atoms. The number of methoxy groups -OCH3 is 2. The summed E-state index contributed by atoms with van der Waals surface area (Å²) < 4.78 is 24.3. The van der Waals surface area contributed by atoms with E-state index in [2.05, 4.69) is 22.0 Å². The van der Waals surface area contributed by atoms with Gasteiger partial charge in [0.1, 0.15) is 13.2 Å². The van der Waals surface area contributed by atoms with Gasteiger partial charge in [-0.15, -0.1) is 0 Å². The Balaban J connectivity index is 0.970. The topological polar surface area (TPSA) is 143 Å². The van der Waals surface area contributed by atoms with Crippen molar-refractivity contribution in [1.29, 1.82) is 0 Å². The minimum absolute atomic E-state index is 0.0104. The molecule has 9 rings (SSSR count). The molecule has 0 spiro atoms. The molecule has 4 aliphatic heterocycles. The van der Waals surface area contributed by atoms with E-state index in [4.69, 9.17) is 23.9 Å². The number of likely N-dealkylation sites (N-methyl/N-ethyl adjacent to an activating group) is 1. The molecule has 5 aromatic rings. The highest BCUT2D eigenvalue weighted by Crippen LogP contribution is 2.43. The summed E-state index contributed by atoms with van der Waals surface area (Å²) >= 11 is 0. The van der Waals surface area contributed by atoms with E-state index in [1.807, 2.05) is 77.8 Å². The molecule has 4 heterocycles. The summed E-state index contributed by atoms with van der Waals surface area (Å²) in [5.41, 5.74) is 8.22. The fraction of sp³-hybridized carbons (Fsp3) is 0.261. The van der Waals surface area contributed by atoms with Crippen molar-refractivity contribution in [3.63, 3.8) is 0 Å². The third kappa shape index (κ3) is 6.97. The summed E-state index contributed by atoms with van der Waals surface area (Å²) in [6, 6.07) is 27.9. The van der Waals surface area contributed by atoms with E-state index < -0.39 is 6.04 Å². The number of rotatable bonds is 11. The first-order valence-electron chi connectivity index (χ1n) is 19.6. The molecule has 13 nitrogen and oxygen atoms in total. The number of amides is 3. The molecule has 4 aliphatic rings. The van der Waals surface area contributed by atoms with E-state index >= 15 is 0 Å². The van der Waals surface area contributed by atoms with Crippen LogP contribution in [0.4, 0.5) is 28.4 Å². The fourth-order valence-electron chi connectivity index (χ4n) is 8.31. The Kier molecular flexibility index (Phi) is 9.89. The maximum Gasteiger partial charge on any atom is 0.261 e. The van der Waals surface area contributed by atoms with Gasteiger partial charge in [0.2, 0.25) is 5.91 Å². The number of nitrogens with one attached hydrogen (secondary N) is 3. The van der Waals surface area contributed by atoms with Crippen molar-refractivity contribution in [2.24, 2.45) is 4.99 Å². The average molecular weight is 793 g/mol. The second-order valence-electron chi connectivity index (χ2n) is 15.1. The van der Waals surface area contributed by atoms with Gasteiger partial charge in [-0.1, -0.05) is 36.4 Å². The Morgan fingerprint density at radius 2 is 1.39 bits per heavy atom. The first kappa shape index (κ1) is 37.7. The van der Waals surface area contributed by atoms with Crippen molar-refractivity contribution in [2.45, 2.75) is 51.1 Å². The SMILES string of the molecule is CNC(C)C(=O)Nc1cc(COc2cc3c(cc2OC)C(=O)N2c4ccccc4CC2C=N3)cc(COc2cc3c(cc2OC)C(=O)N2c4ccccc4C[C@H]2CN3)c1. The number of hydrogen-bond donors (Lipinski definition) is 3. The van der Waals surface area contributed by atoms with Gasteiger partial charge in [-0.25, -0.2) is 0 Å². The van der Waals surface area contributed by atoms with Crippen molar-refractivity contribution < 1.29 is 33.3 Å². The van der Waals surface area contributed by atoms with Crippen LogP contribution in [0.25, 0.3) is 0 Å². The highest BCUT2D eigenvalue weighted by molar-refractivity contribution is 6.15. The zero-order chi connectivity index (χ0) is 40.8. The van der Waals surface area contributed by atoms with Gasteiger partial charge in [0.05, 0.1) is 54.8 Å². The Morgan fingerprint density at radius 1 is 0.780 bits per heavy atom. The standard InChI is InChI=1S/C46H44N6O7/c1-26(47-2)44(53)50-31-14-27(24-58-42-20-36-34(18-40(42)56-3)45(54)51-32(22-48-36)16-29-9-5-7-11-38(29)51)13-28(15-31)25-59-43-21-37-35(19-41(43)57-4)46(55)52-33(23-49-37)17-30-10-6-8-12-39(30)52/h5-15,18-22,26,32-33,47,49H,16-17,23-25H2,1-4H3,(H,50,53)/t26?,32?,33-/m0/s1. The summed E-state index contributed by atoms with van der Waals surface area (Å²) in [4.78, 5) is 49.3. The average Bonchev–Trinajstić information content (AvgIpc) is 3.75. The van der Waals surface area contributed by atoms with Crippen LogP contribution in [-0.4, -0.2) is 69.9 Å². The van der Waals surface area contributed by atoms with Crippen molar-refractivity contribution in [1.82, 2.24) is 5.32 Å². The maximum atomic E-state index is 14.0. The molecular weight excluding hydrogens is 749 g/mol. The molecule has 0 saturated heterocycles. The van der Waals surface area contributed by atoms with Crippen LogP contribution in [-0.2, 0) is 30.8 Å². The lowest BCUT2D eigenvalue weighted by Crippen LogP contribution is -2.39. The van der Waals surface area contributed by atoms with E-state index in [1.165, 1.54) is 7.11 Å². The lowest BCUT2D eigenvalue weighted by Gasteiger charge is -2.22. The van der Waals surface area contributed by atoms with E-state index in [9.17, 15) is 14.4 Å². The fourth-order valence-corrected chi connectivity index (χ4v) is 8.31. The minimum atomic E-state index is -0.436. The lowest BCUT2D eigenvalue weighted by atomic mass is 10.1. The Hall–Kier alpha value is -6.86. The van der Waals surface area contributed by atoms with Crippen LogP contribution < -0.4 is 44.7 Å². The number of fused-ring (bicyclic) bond motifs is 8. The number of nitrogens with zero attached hydrogens (tertiary/aromatic N) is 3. The Morgan fingerprint density at radius 3 is 2.07 bits per heavy atom. The second-order valence-corrected chi connectivity index (χ2v) is 15.1. The molecule has 3 amide bonds. The quantitative estimate of drug-likeness (QED) is 0.133. The number of para-hydroxylation sites is 2. The summed E-state index contributed by atoms with van der Waals surface area (Å²) in [5, 5.41) is 9.45. The van der Waals surface area contributed by atoms with Crippen molar-refractivity contribution in [2.75, 3.05) is 48.2 Å². The van der Waals surface area contributed by atoms with Crippen LogP contribution in [0.5, 0.6) is 23.0 Å². The second kappa shape index (κ2) is 15.5. The summed E-state index contributed by atoms with van der Waals surface area (Å²) in [5.74, 6) is 1.23. The molecule has 2 unspecified atom stereocenters. The molecular formula is C46H44N6O7. The molecule has 3 atom stereocenters. The molecule has 0 fully saturated rings. The van der Waals surface area contributed by atoms with Crippen LogP contribution in [0.2, 0.25) is 0 Å². The van der Waals surface area contributed by atoms with Crippen LogP contribution in [0, 0.1) is 0 Å². The Labute approximate surface area is 341 Å². The number of anilines is 4. The zero-order valence-corrected chi connectivity index (χ0v) is 33.2. The van der Waals surface area contributed by atoms with Gasteiger partial charge in [0.25, 0.3) is 11.8 Å². The number of carbonyl (C=O) groups excluding carboxylic acids is 3. The number of ether oxygens (including phenoxy) is 4. The van der Waals surface area contributed by atoms with Crippen LogP contribution in [0.1, 0.15) is 49.9 Å². The number of carbonyl (C=O) groups is 3. The molecule has 5 aromatic carbocycles. The normalized spacial score (nSPS) is 17.6. The van der Waals surface area contributed by atoms with E-state index in [1.54, 1.807) is 44.2 Å². The van der Waals surface area contributed by atoms with E-state index in [-0.39, 0.29) is 43.0 Å². The number of benzene rings is 5. The summed E-state index contributed by atoms with van der Waals surface area (Å²) in [6.45, 7) is 2.57. The zero-order valence-electron chi connectivity index (χ0n) is 33.2. The van der Waals surface area contributed by atoms with Gasteiger partial charge in [0.15, 0.2) is 23.0 Å². The third-order valence-electron chi connectivity index (χ3n) is 11.4. The van der Waals surface area contributed by atoms with Crippen LogP contribution >= 0.6 is 0 Å². The van der Waals surface area contributed by atoms with Gasteiger partial charge in [-0.05, 0) is 85.1 Å². The van der Waals surface area contributed by atoms with Crippen LogP contribution in [0.3, 0.4) is 0 Å². The van der Waals surface area contributed by atoms with Gasteiger partial charge in [-0.2, -0.15) is 0 Å². The van der Waals surface area contributed by atoms with E-state index in [0.717, 1.165) is 40.0 Å². The molecule has 0 radical (unpaired) electrons. The first-order valence-corrected chi connectivity index (χ1v) is 19.6. The van der Waals surface area contributed by atoms with Gasteiger partial charge in [-0.3, -0.25) is 24.3 Å². The van der Waals surface area contributed by atoms with Gasteiger partial charge in [0, 0.05) is 48.4 Å². The number of aliphatic imine (C=N–C) groups is 1. The van der Waals surface area contributed by atoms with Crippen molar-refractivity contribution in [3.05, 3.63) is 124 Å². The molecule has 0 aromatic heterocycles. The summed E-state index contributed by atoms with van der Waals surface area (Å²) in [6.07, 6.45) is 3.28. The van der Waals surface area contributed by atoms with E-state index in [0.29, 0.717) is 64.2 Å². The molecule has 300 valence electrons. The molecule has 0 saturated carbocycles. The number of hydrogen-bond acceptors (Lipinski definition) is 10. The predicted octanol–water partition coefficient (Wildman–Crippen LogP) is 6.69. The molecule has 0 aliphatic carbocycles. The lowest BCUT2D eigenvalue weighted by molar-refractivity contribution is -0.117. The first-order chi connectivity index (χ1) is 28.7. The van der Waals surface area contributed by atoms with Crippen molar-refractivity contribution >= 4 is 52.4 Å². The summed E-state index contributed by atoms with van der Waals surface area (Å²) in [7, 11) is 4.80.